The molecule has 0 spiro atoms. The predicted octanol–water partition coefficient (Wildman–Crippen LogP) is 3.01. The Hall–Kier alpha value is -1.57. The fraction of sp³-hybridized carbons (Fsp3) is 0.250. The Kier molecular flexibility index (Phi) is 4.48. The van der Waals surface area contributed by atoms with Gasteiger partial charge in [0.2, 0.25) is 0 Å². The summed E-state index contributed by atoms with van der Waals surface area (Å²) in [6, 6.07) is 0. The van der Waals surface area contributed by atoms with Gasteiger partial charge >= 0.3 is 0 Å². The first-order valence-electron chi connectivity index (χ1n) is 4.65. The smallest absolute Gasteiger partial charge is 0.144 e. The van der Waals surface area contributed by atoms with Gasteiger partial charge in [0, 0.05) is 6.20 Å². The number of rotatable bonds is 3. The zero-order valence-electron chi connectivity index (χ0n) is 8.60. The van der Waals surface area contributed by atoms with Crippen molar-refractivity contribution < 1.29 is 4.74 Å². The zero-order valence-corrected chi connectivity index (χ0v) is 8.60. The van der Waals surface area contributed by atoms with Crippen LogP contribution in [0.5, 0.6) is 0 Å². The van der Waals surface area contributed by atoms with E-state index in [4.69, 9.17) is 4.74 Å². The molecule has 0 fully saturated rings. The van der Waals surface area contributed by atoms with Gasteiger partial charge in [-0.2, -0.15) is 0 Å². The maximum absolute atomic E-state index is 5.24. The second kappa shape index (κ2) is 5.97. The first-order chi connectivity index (χ1) is 6.88. The molecule has 0 aliphatic carbocycles. The van der Waals surface area contributed by atoms with Gasteiger partial charge in [0.15, 0.2) is 0 Å². The average molecular weight is 189 g/mol. The number of aliphatic imine (C=N–C) groups is 1. The highest BCUT2D eigenvalue weighted by Crippen LogP contribution is 2.06. The van der Waals surface area contributed by atoms with Crippen molar-refractivity contribution in [2.45, 2.75) is 13.3 Å². The lowest BCUT2D eigenvalue weighted by Gasteiger charge is -2.03. The molecular weight excluding hydrogens is 174 g/mol. The van der Waals surface area contributed by atoms with Crippen LogP contribution in [0, 0.1) is 0 Å². The molecule has 1 aliphatic rings. The molecule has 0 amide bonds. The highest BCUT2D eigenvalue weighted by atomic mass is 16.5. The Bertz CT molecular complexity index is 319. The summed E-state index contributed by atoms with van der Waals surface area (Å²) in [5, 5.41) is 0. The SMILES string of the molecule is C/C=C\C=C(\OC)C1=NC=CCC=C1. The molecule has 2 heteroatoms. The third-order valence-corrected chi connectivity index (χ3v) is 1.78. The van der Waals surface area contributed by atoms with E-state index in [1.165, 1.54) is 0 Å². The second-order valence-corrected chi connectivity index (χ2v) is 2.80. The molecule has 0 aromatic heterocycles. The normalized spacial score (nSPS) is 17.0. The van der Waals surface area contributed by atoms with Crippen molar-refractivity contribution in [3.05, 3.63) is 48.4 Å². The van der Waals surface area contributed by atoms with Gasteiger partial charge in [-0.15, -0.1) is 0 Å². The van der Waals surface area contributed by atoms with Crippen molar-refractivity contribution in [3.63, 3.8) is 0 Å². The Labute approximate surface area is 85.0 Å². The zero-order chi connectivity index (χ0) is 10.2. The fourth-order valence-electron chi connectivity index (χ4n) is 1.08. The number of allylic oxidation sites excluding steroid dienone is 6. The molecule has 1 rings (SSSR count). The first-order valence-corrected chi connectivity index (χ1v) is 4.65. The van der Waals surface area contributed by atoms with Crippen molar-refractivity contribution in [2.24, 2.45) is 4.99 Å². The molecule has 0 atom stereocenters. The van der Waals surface area contributed by atoms with Crippen LogP contribution in [0.3, 0.4) is 0 Å². The first kappa shape index (κ1) is 10.5. The van der Waals surface area contributed by atoms with Crippen molar-refractivity contribution in [1.82, 2.24) is 0 Å². The van der Waals surface area contributed by atoms with E-state index in [0.29, 0.717) is 0 Å². The van der Waals surface area contributed by atoms with Crippen molar-refractivity contribution in [2.75, 3.05) is 7.11 Å². The van der Waals surface area contributed by atoms with Crippen molar-refractivity contribution >= 4 is 5.71 Å². The molecule has 2 nitrogen and oxygen atoms in total. The number of hydrogen-bond donors (Lipinski definition) is 0. The molecular formula is C12H15NO. The molecule has 1 heterocycles. The maximum atomic E-state index is 5.24. The minimum Gasteiger partial charge on any atom is -0.494 e. The summed E-state index contributed by atoms with van der Waals surface area (Å²) in [5.74, 6) is 0.783. The quantitative estimate of drug-likeness (QED) is 0.494. The van der Waals surface area contributed by atoms with Gasteiger partial charge in [0.05, 0.1) is 7.11 Å². The molecule has 0 N–H and O–H groups in total. The van der Waals surface area contributed by atoms with Crippen LogP contribution >= 0.6 is 0 Å². The number of hydrogen-bond acceptors (Lipinski definition) is 2. The highest BCUT2D eigenvalue weighted by molar-refractivity contribution is 6.07. The second-order valence-electron chi connectivity index (χ2n) is 2.80. The topological polar surface area (TPSA) is 21.6 Å². The van der Waals surface area contributed by atoms with E-state index >= 15 is 0 Å². The number of ether oxygens (including phenoxy) is 1. The van der Waals surface area contributed by atoms with Gasteiger partial charge in [-0.3, -0.25) is 4.99 Å². The Balaban J connectivity index is 2.88. The summed E-state index contributed by atoms with van der Waals surface area (Å²) in [4.78, 5) is 4.27. The minimum atomic E-state index is 0.783. The van der Waals surface area contributed by atoms with Crippen LogP contribution in [-0.2, 0) is 4.74 Å². The molecule has 0 unspecified atom stereocenters. The van der Waals surface area contributed by atoms with Crippen LogP contribution in [0.1, 0.15) is 13.3 Å². The van der Waals surface area contributed by atoms with Crippen LogP contribution in [0.25, 0.3) is 0 Å². The summed E-state index contributed by atoms with van der Waals surface area (Å²) < 4.78 is 5.24. The van der Waals surface area contributed by atoms with Crippen molar-refractivity contribution in [3.8, 4) is 0 Å². The number of methoxy groups -OCH3 is 1. The molecule has 0 saturated heterocycles. The van der Waals surface area contributed by atoms with Crippen molar-refractivity contribution in [1.29, 1.82) is 0 Å². The Morgan fingerprint density at radius 3 is 3.07 bits per heavy atom. The molecule has 1 aliphatic heterocycles. The van der Waals surface area contributed by atoms with E-state index in [9.17, 15) is 0 Å². The largest absolute Gasteiger partial charge is 0.494 e. The summed E-state index contributed by atoms with van der Waals surface area (Å²) in [7, 11) is 1.65. The van der Waals surface area contributed by atoms with E-state index in [1.807, 2.05) is 37.3 Å². The molecule has 0 saturated carbocycles. The monoisotopic (exact) mass is 189 g/mol. The number of nitrogens with zero attached hydrogens (tertiary/aromatic N) is 1. The van der Waals surface area contributed by atoms with Crippen LogP contribution in [-0.4, -0.2) is 12.8 Å². The average Bonchev–Trinajstić information content (AvgIpc) is 2.48. The van der Waals surface area contributed by atoms with E-state index in [-0.39, 0.29) is 0 Å². The third-order valence-electron chi connectivity index (χ3n) is 1.78. The molecule has 0 aromatic carbocycles. The third kappa shape index (κ3) is 3.05. The van der Waals surface area contributed by atoms with E-state index < -0.39 is 0 Å². The predicted molar refractivity (Wildman–Crippen MR) is 60.2 cm³/mol. The Morgan fingerprint density at radius 1 is 1.50 bits per heavy atom. The maximum Gasteiger partial charge on any atom is 0.144 e. The molecule has 0 bridgehead atoms. The molecule has 0 aromatic rings. The fourth-order valence-corrected chi connectivity index (χ4v) is 1.08. The van der Waals surface area contributed by atoms with Crippen LogP contribution in [0.4, 0.5) is 0 Å². The lowest BCUT2D eigenvalue weighted by molar-refractivity contribution is 0.315. The molecule has 14 heavy (non-hydrogen) atoms. The minimum absolute atomic E-state index is 0.783. The van der Waals surface area contributed by atoms with E-state index in [2.05, 4.69) is 11.1 Å². The molecule has 0 radical (unpaired) electrons. The van der Waals surface area contributed by atoms with Crippen LogP contribution in [0.2, 0.25) is 0 Å². The molecule has 74 valence electrons. The summed E-state index contributed by atoms with van der Waals surface area (Å²) in [6.45, 7) is 1.97. The summed E-state index contributed by atoms with van der Waals surface area (Å²) in [6.07, 6.45) is 14.6. The highest BCUT2D eigenvalue weighted by Gasteiger charge is 2.02. The lowest BCUT2D eigenvalue weighted by Crippen LogP contribution is -2.00. The summed E-state index contributed by atoms with van der Waals surface area (Å²) in [5.41, 5.74) is 0.861. The van der Waals surface area contributed by atoms with Crippen LogP contribution in [0.15, 0.2) is 53.4 Å². The van der Waals surface area contributed by atoms with E-state index in [0.717, 1.165) is 17.9 Å². The van der Waals surface area contributed by atoms with Gasteiger partial charge in [0.25, 0.3) is 0 Å². The van der Waals surface area contributed by atoms with Gasteiger partial charge < -0.3 is 4.74 Å². The Morgan fingerprint density at radius 2 is 2.36 bits per heavy atom. The summed E-state index contributed by atoms with van der Waals surface area (Å²) >= 11 is 0. The standard InChI is InChI=1S/C12H15NO/c1-3-4-9-12(14-2)11-8-6-5-7-10-13-11/h3-4,6-10H,5H2,1-2H3/b4-3-,12-9+. The lowest BCUT2D eigenvalue weighted by atomic mass is 10.2. The van der Waals surface area contributed by atoms with Crippen LogP contribution < -0.4 is 0 Å². The van der Waals surface area contributed by atoms with Gasteiger partial charge in [0.1, 0.15) is 11.5 Å². The van der Waals surface area contributed by atoms with E-state index in [1.54, 1.807) is 13.3 Å². The van der Waals surface area contributed by atoms with Gasteiger partial charge in [-0.1, -0.05) is 24.3 Å². The van der Waals surface area contributed by atoms with Gasteiger partial charge in [-0.05, 0) is 25.5 Å². The van der Waals surface area contributed by atoms with Gasteiger partial charge in [-0.25, -0.2) is 0 Å².